The number of ketones is 1. The normalized spacial score (nSPS) is 12.1. The number of hydrogen-bond acceptors (Lipinski definition) is 9. The first-order chi connectivity index (χ1) is 13.0. The molecule has 0 aliphatic heterocycles. The van der Waals surface area contributed by atoms with E-state index < -0.39 is 0 Å². The van der Waals surface area contributed by atoms with Gasteiger partial charge in [-0.05, 0) is 12.5 Å². The van der Waals surface area contributed by atoms with Crippen LogP contribution in [0.15, 0.2) is 18.5 Å². The number of thiophene rings is 1. The summed E-state index contributed by atoms with van der Waals surface area (Å²) >= 11 is 1.23. The van der Waals surface area contributed by atoms with Gasteiger partial charge in [0.2, 0.25) is 5.95 Å². The third-order valence-corrected chi connectivity index (χ3v) is 5.38. The van der Waals surface area contributed by atoms with E-state index in [9.17, 15) is 9.90 Å². The molecule has 0 spiro atoms. The molecule has 0 radical (unpaired) electrons. The molecule has 1 atom stereocenters. The standard InChI is InChI=1S/C18H21N5O3S/c1-4-11(8-24)21-18-22-15(10-5-12(26-3)7-20-6-10)13-14(19)16(9(2)25)27-17(13)23-18/h5-7,11,24H,4,8,19H2,1-3H3,(H,21,22,23)/t11-/m0/s1. The van der Waals surface area contributed by atoms with Crippen LogP contribution in [-0.4, -0.2) is 45.6 Å². The van der Waals surface area contributed by atoms with Crippen molar-refractivity contribution in [2.45, 2.75) is 26.3 Å². The summed E-state index contributed by atoms with van der Waals surface area (Å²) in [5.41, 5.74) is 7.87. The van der Waals surface area contributed by atoms with Crippen molar-refractivity contribution >= 4 is 39.0 Å². The Balaban J connectivity index is 2.25. The predicted octanol–water partition coefficient (Wildman–Crippen LogP) is 2.73. The van der Waals surface area contributed by atoms with E-state index in [2.05, 4.69) is 20.3 Å². The topological polar surface area (TPSA) is 123 Å². The van der Waals surface area contributed by atoms with Crippen molar-refractivity contribution in [2.24, 2.45) is 0 Å². The molecule has 3 aromatic rings. The predicted molar refractivity (Wildman–Crippen MR) is 106 cm³/mol. The summed E-state index contributed by atoms with van der Waals surface area (Å²) in [6.07, 6.45) is 3.96. The summed E-state index contributed by atoms with van der Waals surface area (Å²) in [5.74, 6) is 0.815. The van der Waals surface area contributed by atoms with E-state index in [1.54, 1.807) is 25.6 Å². The van der Waals surface area contributed by atoms with E-state index in [1.165, 1.54) is 18.3 Å². The summed E-state index contributed by atoms with van der Waals surface area (Å²) in [6, 6.07) is 1.62. The number of Topliss-reactive ketones (excluding diaryl/α,β-unsaturated/α-hetero) is 1. The lowest BCUT2D eigenvalue weighted by molar-refractivity contribution is 0.102. The van der Waals surface area contributed by atoms with Gasteiger partial charge in [-0.25, -0.2) is 9.97 Å². The maximum absolute atomic E-state index is 11.9. The number of fused-ring (bicyclic) bond motifs is 1. The highest BCUT2D eigenvalue weighted by Gasteiger charge is 2.21. The van der Waals surface area contributed by atoms with Crippen LogP contribution in [0.25, 0.3) is 21.5 Å². The van der Waals surface area contributed by atoms with Gasteiger partial charge in [0.15, 0.2) is 5.78 Å². The fourth-order valence-corrected chi connectivity index (χ4v) is 3.67. The summed E-state index contributed by atoms with van der Waals surface area (Å²) < 4.78 is 5.25. The molecule has 142 valence electrons. The molecule has 0 amide bonds. The molecule has 0 unspecified atom stereocenters. The highest BCUT2D eigenvalue weighted by Crippen LogP contribution is 2.39. The molecule has 0 aromatic carbocycles. The summed E-state index contributed by atoms with van der Waals surface area (Å²) in [4.78, 5) is 26.3. The number of nitrogen functional groups attached to an aromatic ring is 1. The first kappa shape index (κ1) is 19.0. The first-order valence-corrected chi connectivity index (χ1v) is 9.27. The molecule has 3 heterocycles. The number of anilines is 2. The molecule has 27 heavy (non-hydrogen) atoms. The number of pyridine rings is 1. The number of nitrogens with zero attached hydrogens (tertiary/aromatic N) is 3. The molecule has 0 bridgehead atoms. The fourth-order valence-electron chi connectivity index (χ4n) is 2.68. The Hall–Kier alpha value is -2.78. The van der Waals surface area contributed by atoms with E-state index in [0.717, 1.165) is 0 Å². The number of rotatable bonds is 7. The highest BCUT2D eigenvalue weighted by atomic mass is 32.1. The maximum Gasteiger partial charge on any atom is 0.224 e. The fraction of sp³-hybridized carbons (Fsp3) is 0.333. The summed E-state index contributed by atoms with van der Waals surface area (Å²) in [5, 5.41) is 13.2. The maximum atomic E-state index is 11.9. The van der Waals surface area contributed by atoms with Gasteiger partial charge in [-0.3, -0.25) is 9.78 Å². The van der Waals surface area contributed by atoms with Crippen LogP contribution in [0.1, 0.15) is 29.9 Å². The number of ether oxygens (including phenoxy) is 1. The van der Waals surface area contributed by atoms with Crippen molar-refractivity contribution < 1.29 is 14.6 Å². The van der Waals surface area contributed by atoms with E-state index in [0.29, 0.717) is 50.2 Å². The number of hydrogen-bond donors (Lipinski definition) is 3. The van der Waals surface area contributed by atoms with Crippen LogP contribution < -0.4 is 15.8 Å². The van der Waals surface area contributed by atoms with Crippen LogP contribution in [0, 0.1) is 0 Å². The number of aliphatic hydroxyl groups is 1. The van der Waals surface area contributed by atoms with E-state index >= 15 is 0 Å². The molecule has 3 aromatic heterocycles. The SMILES string of the molecule is CC[C@@H](CO)Nc1nc(-c2cncc(OC)c2)c2c(N)c(C(C)=O)sc2n1. The number of carbonyl (C=O) groups excluding carboxylic acids is 1. The number of nitrogens with one attached hydrogen (secondary N) is 1. The summed E-state index contributed by atoms with van der Waals surface area (Å²) in [7, 11) is 1.56. The Labute approximate surface area is 160 Å². The zero-order chi connectivity index (χ0) is 19.6. The second-order valence-electron chi connectivity index (χ2n) is 6.02. The Kier molecular flexibility index (Phi) is 5.52. The molecule has 9 heteroatoms. The minimum Gasteiger partial charge on any atom is -0.495 e. The summed E-state index contributed by atoms with van der Waals surface area (Å²) in [6.45, 7) is 3.38. The van der Waals surface area contributed by atoms with Gasteiger partial charge >= 0.3 is 0 Å². The molecule has 8 nitrogen and oxygen atoms in total. The lowest BCUT2D eigenvalue weighted by Gasteiger charge is -2.15. The van der Waals surface area contributed by atoms with Crippen molar-refractivity contribution in [1.29, 1.82) is 0 Å². The molecule has 0 aliphatic rings. The van der Waals surface area contributed by atoms with E-state index in [4.69, 9.17) is 10.5 Å². The second-order valence-corrected chi connectivity index (χ2v) is 7.02. The molecule has 4 N–H and O–H groups in total. The number of methoxy groups -OCH3 is 1. The van der Waals surface area contributed by atoms with Crippen LogP contribution in [-0.2, 0) is 0 Å². The quantitative estimate of drug-likeness (QED) is 0.529. The molecular formula is C18H21N5O3S. The third-order valence-electron chi connectivity index (χ3n) is 4.18. The van der Waals surface area contributed by atoms with Gasteiger partial charge in [0.25, 0.3) is 0 Å². The number of aromatic nitrogens is 3. The van der Waals surface area contributed by atoms with Gasteiger partial charge in [-0.2, -0.15) is 0 Å². The number of nitrogens with two attached hydrogens (primary N) is 1. The number of aliphatic hydroxyl groups excluding tert-OH is 1. The smallest absolute Gasteiger partial charge is 0.224 e. The van der Waals surface area contributed by atoms with Crippen LogP contribution in [0.4, 0.5) is 11.6 Å². The molecule has 3 rings (SSSR count). The average Bonchev–Trinajstić information content (AvgIpc) is 3.02. The van der Waals surface area contributed by atoms with Gasteiger partial charge in [0, 0.05) is 18.7 Å². The molecule has 0 saturated heterocycles. The molecule has 0 saturated carbocycles. The lowest BCUT2D eigenvalue weighted by Crippen LogP contribution is -2.24. The van der Waals surface area contributed by atoms with E-state index in [-0.39, 0.29) is 18.4 Å². The Bertz CT molecular complexity index is 985. The monoisotopic (exact) mass is 387 g/mol. The Morgan fingerprint density at radius 3 is 2.81 bits per heavy atom. The zero-order valence-electron chi connectivity index (χ0n) is 15.3. The average molecular weight is 387 g/mol. The molecule has 0 fully saturated rings. The van der Waals surface area contributed by atoms with E-state index in [1.807, 2.05) is 6.92 Å². The van der Waals surface area contributed by atoms with Crippen LogP contribution in [0.2, 0.25) is 0 Å². The van der Waals surface area contributed by atoms with Crippen molar-refractivity contribution in [3.63, 3.8) is 0 Å². The Morgan fingerprint density at radius 1 is 1.41 bits per heavy atom. The van der Waals surface area contributed by atoms with Crippen molar-refractivity contribution in [3.05, 3.63) is 23.3 Å². The highest BCUT2D eigenvalue weighted by molar-refractivity contribution is 7.21. The van der Waals surface area contributed by atoms with Gasteiger partial charge < -0.3 is 20.9 Å². The zero-order valence-corrected chi connectivity index (χ0v) is 16.1. The third kappa shape index (κ3) is 3.69. The Morgan fingerprint density at radius 2 is 2.19 bits per heavy atom. The van der Waals surface area contributed by atoms with Gasteiger partial charge in [0.05, 0.1) is 47.6 Å². The first-order valence-electron chi connectivity index (χ1n) is 8.46. The van der Waals surface area contributed by atoms with Gasteiger partial charge in [-0.15, -0.1) is 11.3 Å². The van der Waals surface area contributed by atoms with Crippen molar-refractivity contribution in [2.75, 3.05) is 24.8 Å². The van der Waals surface area contributed by atoms with Gasteiger partial charge in [-0.1, -0.05) is 6.92 Å². The number of carbonyl (C=O) groups is 1. The van der Waals surface area contributed by atoms with Crippen molar-refractivity contribution in [1.82, 2.24) is 15.0 Å². The largest absolute Gasteiger partial charge is 0.495 e. The van der Waals surface area contributed by atoms with Crippen LogP contribution in [0.5, 0.6) is 5.75 Å². The minimum atomic E-state index is -0.177. The molecular weight excluding hydrogens is 366 g/mol. The second kappa shape index (κ2) is 7.85. The molecule has 0 aliphatic carbocycles. The van der Waals surface area contributed by atoms with Gasteiger partial charge in [0.1, 0.15) is 10.6 Å². The van der Waals surface area contributed by atoms with Crippen LogP contribution >= 0.6 is 11.3 Å². The van der Waals surface area contributed by atoms with Crippen LogP contribution in [0.3, 0.4) is 0 Å². The minimum absolute atomic E-state index is 0.0424. The lowest BCUT2D eigenvalue weighted by atomic mass is 10.1. The van der Waals surface area contributed by atoms with Crippen molar-refractivity contribution in [3.8, 4) is 17.0 Å².